The maximum atomic E-state index is 11.9. The largest absolute Gasteiger partial charge is 0.496 e. The van der Waals surface area contributed by atoms with Gasteiger partial charge >= 0.3 is 0 Å². The number of benzene rings is 2. The number of aryl methyl sites for hydroxylation is 1. The van der Waals surface area contributed by atoms with Gasteiger partial charge in [0.15, 0.2) is 0 Å². The smallest absolute Gasteiger partial charge is 0.224 e. The van der Waals surface area contributed by atoms with Gasteiger partial charge in [-0.2, -0.15) is 0 Å². The zero-order valence-corrected chi connectivity index (χ0v) is 13.6. The van der Waals surface area contributed by atoms with Crippen LogP contribution in [0.5, 0.6) is 5.75 Å². The summed E-state index contributed by atoms with van der Waals surface area (Å²) in [4.78, 5) is 11.9. The Bertz CT molecular complexity index is 638. The minimum Gasteiger partial charge on any atom is -0.496 e. The normalized spacial score (nSPS) is 10.3. The second kappa shape index (κ2) is 7.85. The van der Waals surface area contributed by atoms with Gasteiger partial charge < -0.3 is 10.1 Å². The van der Waals surface area contributed by atoms with E-state index < -0.39 is 0 Å². The molecule has 0 spiro atoms. The first-order chi connectivity index (χ1) is 10.6. The van der Waals surface area contributed by atoms with Crippen LogP contribution >= 0.6 is 11.6 Å². The first kappa shape index (κ1) is 16.4. The number of ether oxygens (including phenoxy) is 1. The molecular weight excluding hydrogens is 298 g/mol. The van der Waals surface area contributed by atoms with E-state index in [2.05, 4.69) is 11.4 Å². The van der Waals surface area contributed by atoms with E-state index in [1.54, 1.807) is 19.2 Å². The van der Waals surface area contributed by atoms with Crippen LogP contribution in [0.2, 0.25) is 5.02 Å². The summed E-state index contributed by atoms with van der Waals surface area (Å²) in [7, 11) is 1.66. The van der Waals surface area contributed by atoms with Crippen LogP contribution in [0.4, 0.5) is 0 Å². The highest BCUT2D eigenvalue weighted by atomic mass is 35.5. The molecule has 0 unspecified atom stereocenters. The number of hydrogen-bond acceptors (Lipinski definition) is 2. The summed E-state index contributed by atoms with van der Waals surface area (Å²) < 4.78 is 5.34. The Balaban J connectivity index is 1.84. The van der Waals surface area contributed by atoms with Gasteiger partial charge in [0, 0.05) is 11.6 Å². The van der Waals surface area contributed by atoms with Crippen LogP contribution < -0.4 is 10.1 Å². The molecule has 0 aliphatic heterocycles. The molecule has 0 saturated carbocycles. The Hall–Kier alpha value is -2.00. The van der Waals surface area contributed by atoms with Gasteiger partial charge in [0.2, 0.25) is 5.91 Å². The highest BCUT2D eigenvalue weighted by Gasteiger charge is 2.06. The van der Waals surface area contributed by atoms with Gasteiger partial charge in [-0.25, -0.2) is 0 Å². The highest BCUT2D eigenvalue weighted by Crippen LogP contribution is 2.19. The molecule has 0 heterocycles. The number of amides is 1. The topological polar surface area (TPSA) is 38.3 Å². The van der Waals surface area contributed by atoms with Gasteiger partial charge in [0.1, 0.15) is 5.75 Å². The number of hydrogen-bond donors (Lipinski definition) is 1. The summed E-state index contributed by atoms with van der Waals surface area (Å²) in [5, 5.41) is 3.61. The molecule has 0 fully saturated rings. The minimum absolute atomic E-state index is 0.00828. The van der Waals surface area contributed by atoms with Crippen LogP contribution in [-0.4, -0.2) is 19.6 Å². The highest BCUT2D eigenvalue weighted by molar-refractivity contribution is 6.30. The van der Waals surface area contributed by atoms with E-state index in [4.69, 9.17) is 16.3 Å². The van der Waals surface area contributed by atoms with E-state index in [0.29, 0.717) is 18.0 Å². The molecule has 2 aromatic carbocycles. The molecule has 3 nitrogen and oxygen atoms in total. The summed E-state index contributed by atoms with van der Waals surface area (Å²) in [6.07, 6.45) is 1.11. The lowest BCUT2D eigenvalue weighted by atomic mass is 10.1. The quantitative estimate of drug-likeness (QED) is 0.884. The van der Waals surface area contributed by atoms with E-state index in [9.17, 15) is 4.79 Å². The van der Waals surface area contributed by atoms with Gasteiger partial charge in [-0.3, -0.25) is 4.79 Å². The number of carbonyl (C=O) groups is 1. The number of halogens is 1. The first-order valence-corrected chi connectivity index (χ1v) is 7.61. The predicted octanol–water partition coefficient (Wildman–Crippen LogP) is 3.56. The molecule has 0 radical (unpaired) electrons. The molecule has 2 aromatic rings. The standard InChI is InChI=1S/C18H20ClNO2/c1-13-3-8-17(22-2)15(11-13)9-10-20-18(21)12-14-4-6-16(19)7-5-14/h3-8,11H,9-10,12H2,1-2H3,(H,20,21). The van der Waals surface area contributed by atoms with Crippen LogP contribution in [0.3, 0.4) is 0 Å². The average molecular weight is 318 g/mol. The van der Waals surface area contributed by atoms with Crippen molar-refractivity contribution in [2.45, 2.75) is 19.8 Å². The van der Waals surface area contributed by atoms with Gasteiger partial charge in [-0.05, 0) is 42.7 Å². The lowest BCUT2D eigenvalue weighted by Gasteiger charge is -2.10. The molecule has 0 aliphatic rings. The number of carbonyl (C=O) groups excluding carboxylic acids is 1. The Labute approximate surface area is 136 Å². The fourth-order valence-corrected chi connectivity index (χ4v) is 2.42. The van der Waals surface area contributed by atoms with E-state index in [-0.39, 0.29) is 5.91 Å². The van der Waals surface area contributed by atoms with Crippen molar-refractivity contribution in [3.05, 3.63) is 64.2 Å². The zero-order chi connectivity index (χ0) is 15.9. The lowest BCUT2D eigenvalue weighted by Crippen LogP contribution is -2.27. The van der Waals surface area contributed by atoms with Crippen LogP contribution in [-0.2, 0) is 17.6 Å². The molecule has 22 heavy (non-hydrogen) atoms. The average Bonchev–Trinajstić information content (AvgIpc) is 2.50. The molecular formula is C18H20ClNO2. The summed E-state index contributed by atoms with van der Waals surface area (Å²) in [6.45, 7) is 2.63. The number of nitrogens with one attached hydrogen (secondary N) is 1. The minimum atomic E-state index is 0.00828. The molecule has 116 valence electrons. The van der Waals surface area contributed by atoms with Crippen molar-refractivity contribution in [3.8, 4) is 5.75 Å². The van der Waals surface area contributed by atoms with Crippen LogP contribution in [0.1, 0.15) is 16.7 Å². The molecule has 2 rings (SSSR count). The fraction of sp³-hybridized carbons (Fsp3) is 0.278. The summed E-state index contributed by atoms with van der Waals surface area (Å²) in [5.41, 5.74) is 3.24. The Morgan fingerprint density at radius 3 is 2.59 bits per heavy atom. The first-order valence-electron chi connectivity index (χ1n) is 7.23. The van der Waals surface area contributed by atoms with Gasteiger partial charge in [-0.15, -0.1) is 0 Å². The van der Waals surface area contributed by atoms with Crippen molar-refractivity contribution in [1.29, 1.82) is 0 Å². The Morgan fingerprint density at radius 2 is 1.91 bits per heavy atom. The van der Waals surface area contributed by atoms with Crippen LogP contribution in [0, 0.1) is 6.92 Å². The van der Waals surface area contributed by atoms with Gasteiger partial charge in [-0.1, -0.05) is 41.4 Å². The zero-order valence-electron chi connectivity index (χ0n) is 12.9. The monoisotopic (exact) mass is 317 g/mol. The SMILES string of the molecule is COc1ccc(C)cc1CCNC(=O)Cc1ccc(Cl)cc1. The van der Waals surface area contributed by atoms with Crippen molar-refractivity contribution >= 4 is 17.5 Å². The maximum Gasteiger partial charge on any atom is 0.224 e. The molecule has 0 aliphatic carbocycles. The van der Waals surface area contributed by atoms with Gasteiger partial charge in [0.25, 0.3) is 0 Å². The molecule has 0 bridgehead atoms. The van der Waals surface area contributed by atoms with E-state index in [0.717, 1.165) is 23.3 Å². The van der Waals surface area contributed by atoms with Crippen molar-refractivity contribution in [2.75, 3.05) is 13.7 Å². The molecule has 0 aromatic heterocycles. The van der Waals surface area contributed by atoms with E-state index >= 15 is 0 Å². The third-order valence-electron chi connectivity index (χ3n) is 3.43. The second-order valence-electron chi connectivity index (χ2n) is 5.22. The van der Waals surface area contributed by atoms with Gasteiger partial charge in [0.05, 0.1) is 13.5 Å². The Kier molecular flexibility index (Phi) is 5.84. The van der Waals surface area contributed by atoms with Crippen molar-refractivity contribution < 1.29 is 9.53 Å². The van der Waals surface area contributed by atoms with Crippen LogP contribution in [0.15, 0.2) is 42.5 Å². The number of methoxy groups -OCH3 is 1. The van der Waals surface area contributed by atoms with Crippen molar-refractivity contribution in [1.82, 2.24) is 5.32 Å². The molecule has 0 saturated heterocycles. The maximum absolute atomic E-state index is 11.9. The number of rotatable bonds is 6. The van der Waals surface area contributed by atoms with Crippen molar-refractivity contribution in [3.63, 3.8) is 0 Å². The van der Waals surface area contributed by atoms with Crippen molar-refractivity contribution in [2.24, 2.45) is 0 Å². The summed E-state index contributed by atoms with van der Waals surface area (Å²) in [5.74, 6) is 0.867. The second-order valence-corrected chi connectivity index (χ2v) is 5.65. The van der Waals surface area contributed by atoms with Crippen LogP contribution in [0.25, 0.3) is 0 Å². The van der Waals surface area contributed by atoms with E-state index in [1.165, 1.54) is 5.56 Å². The summed E-state index contributed by atoms with van der Waals surface area (Å²) >= 11 is 5.83. The summed E-state index contributed by atoms with van der Waals surface area (Å²) in [6, 6.07) is 13.4. The van der Waals surface area contributed by atoms with E-state index in [1.807, 2.05) is 31.2 Å². The fourth-order valence-electron chi connectivity index (χ4n) is 2.29. The molecule has 1 N–H and O–H groups in total. The predicted molar refractivity (Wildman–Crippen MR) is 89.6 cm³/mol. The molecule has 4 heteroatoms. The Morgan fingerprint density at radius 1 is 1.18 bits per heavy atom. The third-order valence-corrected chi connectivity index (χ3v) is 3.68. The molecule has 0 atom stereocenters. The molecule has 1 amide bonds. The lowest BCUT2D eigenvalue weighted by molar-refractivity contribution is -0.120. The third kappa shape index (κ3) is 4.78.